The third-order valence-corrected chi connectivity index (χ3v) is 9.68. The second kappa shape index (κ2) is 13.1. The Labute approximate surface area is 238 Å². The number of halogens is 1. The number of methoxy groups -OCH3 is 2. The maximum Gasteiger partial charge on any atom is 0.134 e. The number of rotatable bonds is 11. The van der Waals surface area contributed by atoms with Crippen molar-refractivity contribution in [1.29, 1.82) is 0 Å². The number of anilines is 2. The van der Waals surface area contributed by atoms with Crippen molar-refractivity contribution in [3.05, 3.63) is 76.8 Å². The van der Waals surface area contributed by atoms with Gasteiger partial charge >= 0.3 is 0 Å². The maximum absolute atomic E-state index is 14.8. The van der Waals surface area contributed by atoms with Gasteiger partial charge in [0.2, 0.25) is 0 Å². The van der Waals surface area contributed by atoms with Crippen LogP contribution in [0.25, 0.3) is 0 Å². The number of para-hydroxylation sites is 1. The highest BCUT2D eigenvalue weighted by Crippen LogP contribution is 2.46. The Balaban J connectivity index is 1.93. The van der Waals surface area contributed by atoms with Crippen molar-refractivity contribution < 1.29 is 13.7 Å². The van der Waals surface area contributed by atoms with Crippen molar-refractivity contribution in [3.8, 4) is 11.5 Å². The Kier molecular flexibility index (Phi) is 9.91. The number of hydrogen-bond acceptors (Lipinski definition) is 4. The fraction of sp³-hybridized carbons (Fsp3) is 0.419. The quantitative estimate of drug-likeness (QED) is 0.223. The van der Waals surface area contributed by atoms with Gasteiger partial charge in [0.05, 0.1) is 34.8 Å². The highest BCUT2D eigenvalue weighted by Gasteiger charge is 2.45. The molecule has 0 N–H and O–H groups in total. The van der Waals surface area contributed by atoms with Crippen molar-refractivity contribution in [2.45, 2.75) is 69.4 Å². The summed E-state index contributed by atoms with van der Waals surface area (Å²) >= 11 is 3.70. The molecule has 0 fully saturated rings. The van der Waals surface area contributed by atoms with Crippen molar-refractivity contribution in [3.63, 3.8) is 0 Å². The smallest absolute Gasteiger partial charge is 0.134 e. The zero-order valence-corrected chi connectivity index (χ0v) is 25.3. The van der Waals surface area contributed by atoms with Crippen LogP contribution in [0.3, 0.4) is 0 Å². The Hall–Kier alpha value is -2.35. The van der Waals surface area contributed by atoms with E-state index in [1.165, 1.54) is 0 Å². The van der Waals surface area contributed by atoms with Gasteiger partial charge in [0.25, 0.3) is 0 Å². The van der Waals surface area contributed by atoms with Crippen molar-refractivity contribution in [2.24, 2.45) is 0 Å². The first-order valence-corrected chi connectivity index (χ1v) is 15.4. The molecule has 0 spiro atoms. The van der Waals surface area contributed by atoms with Crippen LogP contribution in [0, 0.1) is 0 Å². The van der Waals surface area contributed by atoms with Crippen LogP contribution in [0.2, 0.25) is 0 Å². The molecule has 0 aliphatic carbocycles. The molecule has 0 aromatic heterocycles. The van der Waals surface area contributed by atoms with Crippen LogP contribution in [-0.4, -0.2) is 34.8 Å². The van der Waals surface area contributed by atoms with Gasteiger partial charge in [-0.25, -0.2) is 8.51 Å². The largest absolute Gasteiger partial charge is 0.497 e. The molecule has 4 rings (SSSR count). The molecule has 5 nitrogen and oxygen atoms in total. The van der Waals surface area contributed by atoms with E-state index in [4.69, 9.17) is 9.47 Å². The van der Waals surface area contributed by atoms with Crippen LogP contribution in [0.5, 0.6) is 11.5 Å². The molecular formula is C31H39BrN2O3S. The topological polar surface area (TPSA) is 42.0 Å². The molecule has 0 amide bonds. The second-order valence-electron chi connectivity index (χ2n) is 9.94. The Bertz CT molecular complexity index is 1210. The number of unbranched alkanes of at least 4 members (excludes halogenated alkanes) is 2. The lowest BCUT2D eigenvalue weighted by Gasteiger charge is -2.44. The van der Waals surface area contributed by atoms with Gasteiger partial charge in [-0.15, -0.1) is 0 Å². The molecule has 0 radical (unpaired) electrons. The maximum atomic E-state index is 14.8. The molecule has 1 heterocycles. The lowest BCUT2D eigenvalue weighted by molar-refractivity contribution is 0.160. The number of benzene rings is 3. The minimum Gasteiger partial charge on any atom is -0.497 e. The summed E-state index contributed by atoms with van der Waals surface area (Å²) in [7, 11) is 1.93. The predicted octanol–water partition coefficient (Wildman–Crippen LogP) is 8.26. The van der Waals surface area contributed by atoms with Crippen LogP contribution < -0.4 is 14.4 Å². The summed E-state index contributed by atoms with van der Waals surface area (Å²) in [5.74, 6) is 1.51. The van der Waals surface area contributed by atoms with Gasteiger partial charge in [-0.3, -0.25) is 0 Å². The van der Waals surface area contributed by atoms with E-state index in [1.54, 1.807) is 14.2 Å². The zero-order chi connectivity index (χ0) is 27.1. The van der Waals surface area contributed by atoms with Gasteiger partial charge in [-0.05, 0) is 64.7 Å². The first-order valence-electron chi connectivity index (χ1n) is 13.5. The van der Waals surface area contributed by atoms with Crippen LogP contribution in [0.4, 0.5) is 11.4 Å². The normalized spacial score (nSPS) is 17.1. The van der Waals surface area contributed by atoms with E-state index in [-0.39, 0.29) is 5.54 Å². The first-order chi connectivity index (χ1) is 18.5. The molecular weight excluding hydrogens is 560 g/mol. The summed E-state index contributed by atoms with van der Waals surface area (Å²) in [5, 5.41) is 0. The average molecular weight is 600 g/mol. The molecule has 0 saturated heterocycles. The van der Waals surface area contributed by atoms with Crippen LogP contribution in [0.15, 0.2) is 76.1 Å². The fourth-order valence-electron chi connectivity index (χ4n) is 5.29. The van der Waals surface area contributed by atoms with E-state index in [2.05, 4.69) is 81.4 Å². The minimum atomic E-state index is -1.41. The molecule has 0 saturated carbocycles. The number of nitrogens with zero attached hydrogens (tertiary/aromatic N) is 2. The van der Waals surface area contributed by atoms with E-state index >= 15 is 0 Å². The third kappa shape index (κ3) is 6.11. The van der Waals surface area contributed by atoms with E-state index in [0.29, 0.717) is 12.3 Å². The monoisotopic (exact) mass is 598 g/mol. The summed E-state index contributed by atoms with van der Waals surface area (Å²) in [6.07, 6.45) is 6.28. The number of fused-ring (bicyclic) bond motifs is 1. The summed E-state index contributed by atoms with van der Waals surface area (Å²) < 4.78 is 29.0. The van der Waals surface area contributed by atoms with E-state index < -0.39 is 11.0 Å². The van der Waals surface area contributed by atoms with Crippen LogP contribution in [0.1, 0.15) is 57.9 Å². The average Bonchev–Trinajstić information content (AvgIpc) is 3.04. The standard InChI is InChI=1S/C31H39BrN2O3S/c1-5-7-18-31(19-8-6-2)23-33(25-12-10-9-11-13-25)28-20-27(32)29(37-4)21-30(28)38(35)34(31)22-24-14-16-26(36-3)17-15-24/h9-17,20-21H,5-8,18-19,22-23H2,1-4H3. The van der Waals surface area contributed by atoms with Gasteiger partial charge in [0, 0.05) is 24.8 Å². The van der Waals surface area contributed by atoms with Crippen molar-refractivity contribution in [1.82, 2.24) is 4.31 Å². The Morgan fingerprint density at radius 1 is 0.921 bits per heavy atom. The Morgan fingerprint density at radius 3 is 2.16 bits per heavy atom. The summed E-state index contributed by atoms with van der Waals surface area (Å²) in [6.45, 7) is 5.82. The fourth-order valence-corrected chi connectivity index (χ4v) is 7.43. The minimum absolute atomic E-state index is 0.286. The van der Waals surface area contributed by atoms with Crippen LogP contribution in [-0.2, 0) is 17.5 Å². The molecule has 1 aliphatic heterocycles. The number of ether oxygens (including phenoxy) is 2. The lowest BCUT2D eigenvalue weighted by atomic mass is 9.85. The molecule has 3 aromatic rings. The zero-order valence-electron chi connectivity index (χ0n) is 22.9. The highest BCUT2D eigenvalue weighted by molar-refractivity contribution is 9.10. The molecule has 204 valence electrons. The van der Waals surface area contributed by atoms with Gasteiger partial charge in [-0.1, -0.05) is 69.9 Å². The molecule has 3 aromatic carbocycles. The Morgan fingerprint density at radius 2 is 1.58 bits per heavy atom. The van der Waals surface area contributed by atoms with Gasteiger partial charge in [0.15, 0.2) is 0 Å². The van der Waals surface area contributed by atoms with E-state index in [9.17, 15) is 4.21 Å². The van der Waals surface area contributed by atoms with Gasteiger partial charge < -0.3 is 14.4 Å². The second-order valence-corrected chi connectivity index (χ2v) is 12.2. The highest BCUT2D eigenvalue weighted by atomic mass is 79.9. The third-order valence-electron chi connectivity index (χ3n) is 7.44. The summed E-state index contributed by atoms with van der Waals surface area (Å²) in [4.78, 5) is 3.15. The SMILES string of the molecule is CCCCC1(CCCC)CN(c2ccccc2)c2cc(Br)c(OC)cc2S(=O)N1Cc1ccc(OC)cc1. The van der Waals surface area contributed by atoms with E-state index in [1.807, 2.05) is 24.3 Å². The van der Waals surface area contributed by atoms with Crippen molar-refractivity contribution in [2.75, 3.05) is 25.7 Å². The summed E-state index contributed by atoms with van der Waals surface area (Å²) in [6, 6.07) is 22.6. The predicted molar refractivity (Wildman–Crippen MR) is 161 cm³/mol. The van der Waals surface area contributed by atoms with Crippen LogP contribution >= 0.6 is 15.9 Å². The molecule has 1 atom stereocenters. The number of hydrogen-bond donors (Lipinski definition) is 0. The summed E-state index contributed by atoms with van der Waals surface area (Å²) in [5.41, 5.74) is 2.89. The molecule has 0 bridgehead atoms. The van der Waals surface area contributed by atoms with Crippen molar-refractivity contribution >= 4 is 38.3 Å². The molecule has 38 heavy (non-hydrogen) atoms. The first kappa shape index (κ1) is 28.7. The molecule has 1 unspecified atom stereocenters. The lowest BCUT2D eigenvalue weighted by Crippen LogP contribution is -2.54. The molecule has 1 aliphatic rings. The molecule has 7 heteroatoms. The van der Waals surface area contributed by atoms with Gasteiger partial charge in [-0.2, -0.15) is 0 Å². The van der Waals surface area contributed by atoms with Gasteiger partial charge in [0.1, 0.15) is 22.5 Å². The van der Waals surface area contributed by atoms with E-state index in [0.717, 1.165) is 77.1 Å².